The number of nitrogens with zero attached hydrogens (tertiary/aromatic N) is 2. The molecule has 0 aliphatic heterocycles. The van der Waals surface area contributed by atoms with Gasteiger partial charge in [-0.15, -0.1) is 0 Å². The van der Waals surface area contributed by atoms with Crippen LogP contribution < -0.4 is 0 Å². The first-order valence-corrected chi connectivity index (χ1v) is 7.19. The van der Waals surface area contributed by atoms with Gasteiger partial charge < -0.3 is 0 Å². The maximum absolute atomic E-state index is 12.4. The van der Waals surface area contributed by atoms with Crippen LogP contribution in [0.25, 0.3) is 0 Å². The Hall–Kier alpha value is -1.38. The molecule has 0 saturated carbocycles. The van der Waals surface area contributed by atoms with Crippen molar-refractivity contribution in [3.63, 3.8) is 0 Å². The molecule has 0 aromatic heterocycles. The fraction of sp³-hybridized carbons (Fsp3) is 0.462. The van der Waals surface area contributed by atoms with E-state index < -0.39 is 16.1 Å². The summed E-state index contributed by atoms with van der Waals surface area (Å²) in [5, 5.41) is 9.09. The zero-order valence-electron chi connectivity index (χ0n) is 11.1. The molecule has 0 N–H and O–H groups in total. The van der Waals surface area contributed by atoms with Crippen LogP contribution in [0.4, 0.5) is 0 Å². The average molecular weight is 266 g/mol. The Morgan fingerprint density at radius 2 is 1.83 bits per heavy atom. The lowest BCUT2D eigenvalue weighted by Crippen LogP contribution is -2.39. The maximum Gasteiger partial charge on any atom is 0.244 e. The van der Waals surface area contributed by atoms with E-state index in [9.17, 15) is 8.42 Å². The van der Waals surface area contributed by atoms with Crippen molar-refractivity contribution in [2.75, 3.05) is 7.05 Å². The molecular weight excluding hydrogens is 248 g/mol. The number of rotatable bonds is 4. The van der Waals surface area contributed by atoms with E-state index in [-0.39, 0.29) is 10.8 Å². The molecule has 1 atom stereocenters. The third-order valence-corrected chi connectivity index (χ3v) is 4.91. The standard InChI is InChI=1S/C13H18N2O2S/c1-10(2)12(9-14)15(4)18(16,17)13-8-6-5-7-11(13)3/h5-8,10,12H,1-4H3. The molecule has 0 radical (unpaired) electrons. The van der Waals surface area contributed by atoms with Crippen LogP contribution >= 0.6 is 0 Å². The molecule has 1 rings (SSSR count). The lowest BCUT2D eigenvalue weighted by Gasteiger charge is -2.25. The first kappa shape index (κ1) is 14.7. The molecule has 0 fully saturated rings. The summed E-state index contributed by atoms with van der Waals surface area (Å²) in [7, 11) is -2.16. The van der Waals surface area contributed by atoms with E-state index in [0.717, 1.165) is 4.31 Å². The highest BCUT2D eigenvalue weighted by Gasteiger charge is 2.30. The predicted molar refractivity (Wildman–Crippen MR) is 70.4 cm³/mol. The predicted octanol–water partition coefficient (Wildman–Crippen LogP) is 2.16. The third kappa shape index (κ3) is 2.71. The summed E-state index contributed by atoms with van der Waals surface area (Å²) in [6.45, 7) is 5.41. The molecule has 4 nitrogen and oxygen atoms in total. The Morgan fingerprint density at radius 1 is 1.28 bits per heavy atom. The second-order valence-electron chi connectivity index (χ2n) is 4.60. The summed E-state index contributed by atoms with van der Waals surface area (Å²) in [4.78, 5) is 0.258. The Labute approximate surface area is 109 Å². The highest BCUT2D eigenvalue weighted by molar-refractivity contribution is 7.89. The van der Waals surface area contributed by atoms with Crippen LogP contribution in [0.3, 0.4) is 0 Å². The molecule has 1 aromatic carbocycles. The van der Waals surface area contributed by atoms with E-state index in [0.29, 0.717) is 5.56 Å². The SMILES string of the molecule is Cc1ccccc1S(=O)(=O)N(C)C(C#N)C(C)C. The van der Waals surface area contributed by atoms with Crippen molar-refractivity contribution in [2.45, 2.75) is 31.7 Å². The van der Waals surface area contributed by atoms with E-state index in [2.05, 4.69) is 0 Å². The maximum atomic E-state index is 12.4. The van der Waals surface area contributed by atoms with Crippen molar-refractivity contribution in [1.82, 2.24) is 4.31 Å². The number of hydrogen-bond acceptors (Lipinski definition) is 3. The van der Waals surface area contributed by atoms with E-state index in [4.69, 9.17) is 5.26 Å². The van der Waals surface area contributed by atoms with Crippen molar-refractivity contribution >= 4 is 10.0 Å². The summed E-state index contributed by atoms with van der Waals surface area (Å²) >= 11 is 0. The molecule has 0 aliphatic carbocycles. The Bertz CT molecular complexity index is 559. The highest BCUT2D eigenvalue weighted by atomic mass is 32.2. The van der Waals surface area contributed by atoms with Crippen LogP contribution in [0.2, 0.25) is 0 Å². The van der Waals surface area contributed by atoms with E-state index in [1.54, 1.807) is 31.2 Å². The first-order valence-electron chi connectivity index (χ1n) is 5.75. The molecule has 98 valence electrons. The molecule has 5 heteroatoms. The Kier molecular flexibility index (Phi) is 4.49. The molecule has 1 unspecified atom stereocenters. The lowest BCUT2D eigenvalue weighted by atomic mass is 10.1. The minimum absolute atomic E-state index is 0.0567. The van der Waals surface area contributed by atoms with Crippen LogP contribution in [0, 0.1) is 24.2 Å². The van der Waals surface area contributed by atoms with Crippen LogP contribution in [0.1, 0.15) is 19.4 Å². The van der Waals surface area contributed by atoms with E-state index >= 15 is 0 Å². The van der Waals surface area contributed by atoms with Crippen molar-refractivity contribution in [2.24, 2.45) is 5.92 Å². The van der Waals surface area contributed by atoms with Gasteiger partial charge in [0.2, 0.25) is 10.0 Å². The quantitative estimate of drug-likeness (QED) is 0.839. The zero-order chi connectivity index (χ0) is 13.9. The topological polar surface area (TPSA) is 61.2 Å². The molecular formula is C13H18N2O2S. The number of hydrogen-bond donors (Lipinski definition) is 0. The summed E-state index contributed by atoms with van der Waals surface area (Å²) in [6.07, 6.45) is 0. The second-order valence-corrected chi connectivity index (χ2v) is 6.57. The van der Waals surface area contributed by atoms with Gasteiger partial charge in [0.25, 0.3) is 0 Å². The van der Waals surface area contributed by atoms with Gasteiger partial charge in [0.15, 0.2) is 0 Å². The van der Waals surface area contributed by atoms with Crippen LogP contribution in [0.15, 0.2) is 29.2 Å². The zero-order valence-corrected chi connectivity index (χ0v) is 11.9. The first-order chi connectivity index (χ1) is 8.32. The molecule has 0 spiro atoms. The fourth-order valence-electron chi connectivity index (χ4n) is 1.80. The van der Waals surface area contributed by atoms with Gasteiger partial charge in [0, 0.05) is 7.05 Å². The summed E-state index contributed by atoms with van der Waals surface area (Å²) in [6, 6.07) is 8.17. The van der Waals surface area contributed by atoms with Gasteiger partial charge in [-0.1, -0.05) is 32.0 Å². The van der Waals surface area contributed by atoms with Gasteiger partial charge in [0.1, 0.15) is 6.04 Å². The van der Waals surface area contributed by atoms with E-state index in [1.165, 1.54) is 7.05 Å². The molecule has 0 amide bonds. The van der Waals surface area contributed by atoms with Crippen LogP contribution in [0.5, 0.6) is 0 Å². The molecule has 0 bridgehead atoms. The number of benzene rings is 1. The Morgan fingerprint density at radius 3 is 2.28 bits per heavy atom. The van der Waals surface area contributed by atoms with Gasteiger partial charge in [-0.2, -0.15) is 9.57 Å². The van der Waals surface area contributed by atoms with Crippen LogP contribution in [-0.4, -0.2) is 25.8 Å². The molecule has 0 aliphatic rings. The largest absolute Gasteiger partial charge is 0.244 e. The minimum Gasteiger partial charge on any atom is -0.207 e. The molecule has 0 heterocycles. The van der Waals surface area contributed by atoms with Crippen molar-refractivity contribution in [3.05, 3.63) is 29.8 Å². The van der Waals surface area contributed by atoms with E-state index in [1.807, 2.05) is 19.9 Å². The molecule has 0 saturated heterocycles. The summed E-state index contributed by atoms with van der Waals surface area (Å²) in [5.74, 6) is -0.0567. The third-order valence-electron chi connectivity index (χ3n) is 2.91. The number of sulfonamides is 1. The van der Waals surface area contributed by atoms with Gasteiger partial charge in [-0.25, -0.2) is 8.42 Å². The Balaban J connectivity index is 3.24. The minimum atomic E-state index is -3.62. The highest BCUT2D eigenvalue weighted by Crippen LogP contribution is 2.22. The second kappa shape index (κ2) is 5.51. The van der Waals surface area contributed by atoms with Gasteiger partial charge in [-0.3, -0.25) is 0 Å². The lowest BCUT2D eigenvalue weighted by molar-refractivity contribution is 0.353. The number of aryl methyl sites for hydroxylation is 1. The van der Waals surface area contributed by atoms with Crippen LogP contribution in [-0.2, 0) is 10.0 Å². The van der Waals surface area contributed by atoms with Gasteiger partial charge in [0.05, 0.1) is 11.0 Å². The van der Waals surface area contributed by atoms with Gasteiger partial charge >= 0.3 is 0 Å². The summed E-state index contributed by atoms with van der Waals surface area (Å²) < 4.78 is 26.0. The van der Waals surface area contributed by atoms with Crippen molar-refractivity contribution < 1.29 is 8.42 Å². The summed E-state index contributed by atoms with van der Waals surface area (Å²) in [5.41, 5.74) is 0.685. The van der Waals surface area contributed by atoms with Crippen molar-refractivity contribution in [1.29, 1.82) is 5.26 Å². The smallest absolute Gasteiger partial charge is 0.207 e. The van der Waals surface area contributed by atoms with Crippen molar-refractivity contribution in [3.8, 4) is 6.07 Å². The fourth-order valence-corrected chi connectivity index (χ4v) is 3.43. The average Bonchev–Trinajstić information content (AvgIpc) is 2.29. The number of nitriles is 1. The molecule has 18 heavy (non-hydrogen) atoms. The van der Waals surface area contributed by atoms with Gasteiger partial charge in [-0.05, 0) is 24.5 Å². The normalized spacial score (nSPS) is 13.6. The monoisotopic (exact) mass is 266 g/mol. The molecule has 1 aromatic rings.